The zero-order valence-electron chi connectivity index (χ0n) is 8.37. The lowest BCUT2D eigenvalue weighted by Crippen LogP contribution is -2.09. The molecule has 0 radical (unpaired) electrons. The van der Waals surface area contributed by atoms with Crippen molar-refractivity contribution in [3.63, 3.8) is 0 Å². The summed E-state index contributed by atoms with van der Waals surface area (Å²) < 4.78 is 9.76. The third-order valence-electron chi connectivity index (χ3n) is 2.17. The average Bonchev–Trinajstić information content (AvgIpc) is 2.80. The number of ether oxygens (including phenoxy) is 1. The van der Waals surface area contributed by atoms with E-state index < -0.39 is 12.3 Å². The maximum Gasteiger partial charge on any atom is 0.506 e. The SMILES string of the molecule is O=C(O)OC(c1ccccc1)c1ccoc1. The highest BCUT2D eigenvalue weighted by Gasteiger charge is 2.19. The molecule has 1 unspecified atom stereocenters. The van der Waals surface area contributed by atoms with Gasteiger partial charge in [0, 0.05) is 5.56 Å². The quantitative estimate of drug-likeness (QED) is 0.804. The van der Waals surface area contributed by atoms with Crippen LogP contribution in [0.5, 0.6) is 0 Å². The Kier molecular flexibility index (Phi) is 2.91. The highest BCUT2D eigenvalue weighted by Crippen LogP contribution is 2.26. The summed E-state index contributed by atoms with van der Waals surface area (Å²) in [6.45, 7) is 0. The zero-order valence-corrected chi connectivity index (χ0v) is 8.37. The molecule has 1 N–H and O–H groups in total. The Bertz CT molecular complexity index is 447. The monoisotopic (exact) mass is 218 g/mol. The van der Waals surface area contributed by atoms with Gasteiger partial charge in [0.05, 0.1) is 12.5 Å². The lowest BCUT2D eigenvalue weighted by molar-refractivity contribution is 0.0661. The fourth-order valence-corrected chi connectivity index (χ4v) is 1.48. The first-order valence-corrected chi connectivity index (χ1v) is 4.74. The molecule has 82 valence electrons. The molecule has 0 aliphatic heterocycles. The Hall–Kier alpha value is -2.23. The zero-order chi connectivity index (χ0) is 11.4. The topological polar surface area (TPSA) is 59.7 Å². The molecule has 4 heteroatoms. The summed E-state index contributed by atoms with van der Waals surface area (Å²) in [5.74, 6) is 0. The summed E-state index contributed by atoms with van der Waals surface area (Å²) in [7, 11) is 0. The molecule has 1 heterocycles. The number of furan rings is 1. The van der Waals surface area contributed by atoms with Crippen LogP contribution in [0.1, 0.15) is 17.2 Å². The van der Waals surface area contributed by atoms with Gasteiger partial charge in [-0.25, -0.2) is 4.79 Å². The molecule has 0 amide bonds. The van der Waals surface area contributed by atoms with Crippen molar-refractivity contribution < 1.29 is 19.1 Å². The number of carbonyl (C=O) groups is 1. The van der Waals surface area contributed by atoms with Gasteiger partial charge in [0.2, 0.25) is 0 Å². The van der Waals surface area contributed by atoms with Gasteiger partial charge in [-0.2, -0.15) is 0 Å². The average molecular weight is 218 g/mol. The second-order valence-electron chi connectivity index (χ2n) is 3.23. The van der Waals surface area contributed by atoms with Crippen molar-refractivity contribution in [2.75, 3.05) is 0 Å². The van der Waals surface area contributed by atoms with Crippen LogP contribution < -0.4 is 0 Å². The lowest BCUT2D eigenvalue weighted by atomic mass is 10.0. The van der Waals surface area contributed by atoms with Crippen LogP contribution in [0.15, 0.2) is 53.3 Å². The summed E-state index contributed by atoms with van der Waals surface area (Å²) in [5, 5.41) is 8.69. The van der Waals surface area contributed by atoms with Crippen molar-refractivity contribution in [2.24, 2.45) is 0 Å². The highest BCUT2D eigenvalue weighted by atomic mass is 16.7. The van der Waals surface area contributed by atoms with Crippen LogP contribution in [0, 0.1) is 0 Å². The second kappa shape index (κ2) is 4.53. The smallest absolute Gasteiger partial charge is 0.472 e. The summed E-state index contributed by atoms with van der Waals surface area (Å²) in [4.78, 5) is 10.6. The molecule has 0 aliphatic rings. The van der Waals surface area contributed by atoms with E-state index in [1.807, 2.05) is 18.2 Å². The molecule has 0 saturated carbocycles. The van der Waals surface area contributed by atoms with Gasteiger partial charge in [-0.3, -0.25) is 0 Å². The van der Waals surface area contributed by atoms with Gasteiger partial charge < -0.3 is 14.3 Å². The predicted octanol–water partition coefficient (Wildman–Crippen LogP) is 3.06. The van der Waals surface area contributed by atoms with Crippen LogP contribution in [0.25, 0.3) is 0 Å². The molecule has 0 saturated heterocycles. The Balaban J connectivity index is 2.32. The van der Waals surface area contributed by atoms with E-state index in [1.165, 1.54) is 12.5 Å². The maximum absolute atomic E-state index is 10.6. The first kappa shape index (κ1) is 10.3. The minimum atomic E-state index is -1.31. The van der Waals surface area contributed by atoms with E-state index in [4.69, 9.17) is 14.3 Å². The van der Waals surface area contributed by atoms with Gasteiger partial charge in [-0.15, -0.1) is 0 Å². The summed E-state index contributed by atoms with van der Waals surface area (Å²) in [6, 6.07) is 10.8. The molecule has 1 aromatic carbocycles. The number of carboxylic acid groups (broad SMARTS) is 1. The van der Waals surface area contributed by atoms with Gasteiger partial charge >= 0.3 is 6.16 Å². The van der Waals surface area contributed by atoms with Crippen molar-refractivity contribution >= 4 is 6.16 Å². The van der Waals surface area contributed by atoms with Crippen molar-refractivity contribution in [1.82, 2.24) is 0 Å². The van der Waals surface area contributed by atoms with E-state index in [0.717, 1.165) is 5.56 Å². The van der Waals surface area contributed by atoms with E-state index in [-0.39, 0.29) is 0 Å². The van der Waals surface area contributed by atoms with Crippen LogP contribution in [0.2, 0.25) is 0 Å². The van der Waals surface area contributed by atoms with Gasteiger partial charge in [-0.1, -0.05) is 30.3 Å². The van der Waals surface area contributed by atoms with Gasteiger partial charge in [0.1, 0.15) is 0 Å². The Labute approximate surface area is 92.1 Å². The van der Waals surface area contributed by atoms with Gasteiger partial charge in [0.15, 0.2) is 6.10 Å². The largest absolute Gasteiger partial charge is 0.506 e. The minimum absolute atomic E-state index is 0.641. The van der Waals surface area contributed by atoms with E-state index in [9.17, 15) is 4.79 Å². The molecule has 1 atom stereocenters. The number of hydrogen-bond acceptors (Lipinski definition) is 3. The first-order valence-electron chi connectivity index (χ1n) is 4.74. The molecular weight excluding hydrogens is 208 g/mol. The number of rotatable bonds is 3. The summed E-state index contributed by atoms with van der Waals surface area (Å²) in [6.07, 6.45) is 1.00. The standard InChI is InChI=1S/C12H10O4/c13-12(14)16-11(10-6-7-15-8-10)9-4-2-1-3-5-9/h1-8,11H,(H,13,14). The molecule has 0 fully saturated rings. The van der Waals surface area contributed by atoms with Crippen molar-refractivity contribution in [3.05, 3.63) is 60.1 Å². The van der Waals surface area contributed by atoms with Crippen LogP contribution >= 0.6 is 0 Å². The molecule has 0 bridgehead atoms. The van der Waals surface area contributed by atoms with E-state index >= 15 is 0 Å². The van der Waals surface area contributed by atoms with Crippen LogP contribution in [0.3, 0.4) is 0 Å². The molecule has 0 spiro atoms. The molecule has 16 heavy (non-hydrogen) atoms. The molecule has 4 nitrogen and oxygen atoms in total. The third-order valence-corrected chi connectivity index (χ3v) is 2.17. The van der Waals surface area contributed by atoms with Crippen LogP contribution in [0.4, 0.5) is 4.79 Å². The van der Waals surface area contributed by atoms with E-state index in [2.05, 4.69) is 0 Å². The molecule has 0 aliphatic carbocycles. The summed E-state index contributed by atoms with van der Waals surface area (Å²) >= 11 is 0. The summed E-state index contributed by atoms with van der Waals surface area (Å²) in [5.41, 5.74) is 1.44. The molecule has 2 rings (SSSR count). The Morgan fingerprint density at radius 1 is 1.19 bits per heavy atom. The van der Waals surface area contributed by atoms with Gasteiger partial charge in [-0.05, 0) is 11.6 Å². The molecule has 1 aromatic heterocycles. The number of hydrogen-bond donors (Lipinski definition) is 1. The normalized spacial score (nSPS) is 12.0. The van der Waals surface area contributed by atoms with E-state index in [0.29, 0.717) is 5.56 Å². The fourth-order valence-electron chi connectivity index (χ4n) is 1.48. The highest BCUT2D eigenvalue weighted by molar-refractivity contribution is 5.58. The van der Waals surface area contributed by atoms with Crippen molar-refractivity contribution in [1.29, 1.82) is 0 Å². The lowest BCUT2D eigenvalue weighted by Gasteiger charge is -2.14. The van der Waals surface area contributed by atoms with Crippen LogP contribution in [-0.4, -0.2) is 11.3 Å². The Morgan fingerprint density at radius 2 is 1.94 bits per heavy atom. The van der Waals surface area contributed by atoms with E-state index in [1.54, 1.807) is 18.2 Å². The van der Waals surface area contributed by atoms with Crippen molar-refractivity contribution in [2.45, 2.75) is 6.10 Å². The van der Waals surface area contributed by atoms with Crippen LogP contribution in [-0.2, 0) is 4.74 Å². The predicted molar refractivity (Wildman–Crippen MR) is 56.1 cm³/mol. The minimum Gasteiger partial charge on any atom is -0.472 e. The second-order valence-corrected chi connectivity index (χ2v) is 3.23. The van der Waals surface area contributed by atoms with Gasteiger partial charge in [0.25, 0.3) is 0 Å². The first-order chi connectivity index (χ1) is 7.77. The molecule has 2 aromatic rings. The Morgan fingerprint density at radius 3 is 2.50 bits per heavy atom. The fraction of sp³-hybridized carbons (Fsp3) is 0.0833. The van der Waals surface area contributed by atoms with Crippen molar-refractivity contribution in [3.8, 4) is 0 Å². The third kappa shape index (κ3) is 2.23. The maximum atomic E-state index is 10.6. The molecular formula is C12H10O4. The number of benzene rings is 1.